The summed E-state index contributed by atoms with van der Waals surface area (Å²) in [5, 5.41) is 3.65. The van der Waals surface area contributed by atoms with Crippen molar-refractivity contribution in [2.24, 2.45) is 5.84 Å². The molecule has 0 saturated heterocycles. The van der Waals surface area contributed by atoms with Gasteiger partial charge in [0.05, 0.1) is 0 Å². The van der Waals surface area contributed by atoms with Gasteiger partial charge < -0.3 is 4.52 Å². The number of aryl methyl sites for hydroxylation is 1. The van der Waals surface area contributed by atoms with Crippen molar-refractivity contribution in [1.82, 2.24) is 10.1 Å². The second-order valence-corrected chi connectivity index (χ2v) is 1.91. The molecule has 1 rings (SSSR count). The number of hydrazine groups is 1. The van der Waals surface area contributed by atoms with Crippen molar-refractivity contribution in [3.05, 3.63) is 5.82 Å². The Hall–Kier alpha value is -1.10. The number of hydrogen-bond acceptors (Lipinski definition) is 5. The molecule has 0 saturated carbocycles. The van der Waals surface area contributed by atoms with Crippen molar-refractivity contribution in [1.29, 1.82) is 0 Å². The Kier molecular flexibility index (Phi) is 2.22. The van der Waals surface area contributed by atoms with E-state index in [-0.39, 0.29) is 6.01 Å². The van der Waals surface area contributed by atoms with E-state index >= 15 is 0 Å². The summed E-state index contributed by atoms with van der Waals surface area (Å²) in [6, 6.07) is 0.267. The predicted molar refractivity (Wildman–Crippen MR) is 36.1 cm³/mol. The van der Waals surface area contributed by atoms with Gasteiger partial charge in [-0.3, -0.25) is 5.43 Å². The van der Waals surface area contributed by atoms with Gasteiger partial charge in [-0.1, -0.05) is 12.1 Å². The Bertz CT molecular complexity index is 197. The molecule has 3 N–H and O–H groups in total. The smallest absolute Gasteiger partial charge is 0.314 e. The minimum atomic E-state index is 0.267. The summed E-state index contributed by atoms with van der Waals surface area (Å²) < 4.78 is 4.67. The van der Waals surface area contributed by atoms with Crippen molar-refractivity contribution < 1.29 is 4.52 Å². The van der Waals surface area contributed by atoms with E-state index in [0.717, 1.165) is 12.8 Å². The summed E-state index contributed by atoms with van der Waals surface area (Å²) in [6.07, 6.45) is 1.83. The van der Waals surface area contributed by atoms with Crippen LogP contribution in [-0.4, -0.2) is 10.1 Å². The molecule has 0 aliphatic heterocycles. The normalized spacial score (nSPS) is 9.80. The molecule has 1 aromatic heterocycles. The summed E-state index contributed by atoms with van der Waals surface area (Å²) in [7, 11) is 0. The maximum atomic E-state index is 5.01. The van der Waals surface area contributed by atoms with Crippen LogP contribution in [0, 0.1) is 0 Å². The van der Waals surface area contributed by atoms with Crippen molar-refractivity contribution in [2.75, 3.05) is 5.43 Å². The molecule has 0 aliphatic rings. The van der Waals surface area contributed by atoms with E-state index in [9.17, 15) is 0 Å². The number of aromatic nitrogens is 2. The second-order valence-electron chi connectivity index (χ2n) is 1.91. The predicted octanol–water partition coefficient (Wildman–Crippen LogP) is 0.308. The van der Waals surface area contributed by atoms with Gasteiger partial charge in [-0.05, 0) is 6.42 Å². The van der Waals surface area contributed by atoms with Crippen LogP contribution in [-0.2, 0) is 6.42 Å². The Morgan fingerprint density at radius 1 is 1.70 bits per heavy atom. The van der Waals surface area contributed by atoms with Gasteiger partial charge in [0.25, 0.3) is 0 Å². The van der Waals surface area contributed by atoms with Gasteiger partial charge in [-0.15, -0.1) is 0 Å². The van der Waals surface area contributed by atoms with Gasteiger partial charge in [0, 0.05) is 6.42 Å². The van der Waals surface area contributed by atoms with Crippen LogP contribution in [0.25, 0.3) is 0 Å². The van der Waals surface area contributed by atoms with Crippen LogP contribution in [0.5, 0.6) is 0 Å². The largest absolute Gasteiger partial charge is 0.335 e. The van der Waals surface area contributed by atoms with E-state index in [1.54, 1.807) is 0 Å². The third-order valence-corrected chi connectivity index (χ3v) is 1.07. The number of hydrogen-bond donors (Lipinski definition) is 2. The van der Waals surface area contributed by atoms with Gasteiger partial charge >= 0.3 is 6.01 Å². The number of rotatable bonds is 3. The highest BCUT2D eigenvalue weighted by Crippen LogP contribution is 2.02. The van der Waals surface area contributed by atoms with Gasteiger partial charge in [-0.2, -0.15) is 4.98 Å². The zero-order chi connectivity index (χ0) is 7.40. The molecule has 0 radical (unpaired) electrons. The number of nitrogens with two attached hydrogens (primary N) is 1. The summed E-state index contributed by atoms with van der Waals surface area (Å²) in [6.45, 7) is 2.05. The lowest BCUT2D eigenvalue weighted by Crippen LogP contribution is -2.06. The van der Waals surface area contributed by atoms with Crippen LogP contribution in [0.2, 0.25) is 0 Å². The van der Waals surface area contributed by atoms with Crippen LogP contribution < -0.4 is 11.3 Å². The average molecular weight is 142 g/mol. The van der Waals surface area contributed by atoms with E-state index in [1.807, 2.05) is 6.92 Å². The van der Waals surface area contributed by atoms with Gasteiger partial charge in [-0.25, -0.2) is 5.84 Å². The fraction of sp³-hybridized carbons (Fsp3) is 0.600. The van der Waals surface area contributed by atoms with Crippen LogP contribution in [0.3, 0.4) is 0 Å². The lowest BCUT2D eigenvalue weighted by atomic mass is 10.3. The highest BCUT2D eigenvalue weighted by molar-refractivity contribution is 5.14. The summed E-state index contributed by atoms with van der Waals surface area (Å²) >= 11 is 0. The van der Waals surface area contributed by atoms with E-state index in [2.05, 4.69) is 20.1 Å². The number of nitrogen functional groups attached to an aromatic ring is 1. The second kappa shape index (κ2) is 3.17. The molecule has 0 unspecified atom stereocenters. The Labute approximate surface area is 58.6 Å². The first-order chi connectivity index (χ1) is 4.86. The molecule has 0 bridgehead atoms. The molecule has 0 atom stereocenters. The monoisotopic (exact) mass is 142 g/mol. The molecule has 1 heterocycles. The molecule has 56 valence electrons. The lowest BCUT2D eigenvalue weighted by molar-refractivity contribution is 0.422. The summed E-state index contributed by atoms with van der Waals surface area (Å²) in [5.41, 5.74) is 2.27. The van der Waals surface area contributed by atoms with Gasteiger partial charge in [0.15, 0.2) is 5.82 Å². The quantitative estimate of drug-likeness (QED) is 0.469. The van der Waals surface area contributed by atoms with Crippen molar-refractivity contribution >= 4 is 6.01 Å². The van der Waals surface area contributed by atoms with Crippen LogP contribution >= 0.6 is 0 Å². The Morgan fingerprint density at radius 2 is 2.50 bits per heavy atom. The molecule has 0 fully saturated rings. The van der Waals surface area contributed by atoms with E-state index in [4.69, 9.17) is 5.84 Å². The zero-order valence-corrected chi connectivity index (χ0v) is 5.79. The maximum absolute atomic E-state index is 5.01. The van der Waals surface area contributed by atoms with E-state index in [1.165, 1.54) is 0 Å². The molecule has 1 aromatic rings. The number of anilines is 1. The Morgan fingerprint density at radius 3 is 3.00 bits per heavy atom. The molecule has 5 heteroatoms. The van der Waals surface area contributed by atoms with E-state index in [0.29, 0.717) is 5.82 Å². The molecule has 0 aliphatic carbocycles. The lowest BCUT2D eigenvalue weighted by Gasteiger charge is -1.84. The third kappa shape index (κ3) is 1.44. The van der Waals surface area contributed by atoms with Crippen molar-refractivity contribution in [2.45, 2.75) is 19.8 Å². The molecule has 5 nitrogen and oxygen atoms in total. The molecule has 0 amide bonds. The van der Waals surface area contributed by atoms with Crippen LogP contribution in [0.1, 0.15) is 19.2 Å². The minimum Gasteiger partial charge on any atom is -0.314 e. The molecular formula is C5H10N4O. The topological polar surface area (TPSA) is 77.0 Å². The first-order valence-corrected chi connectivity index (χ1v) is 3.16. The first kappa shape index (κ1) is 7.01. The number of nitrogens with zero attached hydrogens (tertiary/aromatic N) is 2. The maximum Gasteiger partial charge on any atom is 0.335 e. The van der Waals surface area contributed by atoms with Crippen LogP contribution in [0.15, 0.2) is 4.52 Å². The minimum absolute atomic E-state index is 0.267. The molecule has 10 heavy (non-hydrogen) atoms. The standard InChI is InChI=1S/C5H10N4O/c1-2-3-4-7-5(8-6)10-9-4/h2-3,6H2,1H3,(H,7,8,9). The van der Waals surface area contributed by atoms with Crippen molar-refractivity contribution in [3.63, 3.8) is 0 Å². The summed E-state index contributed by atoms with van der Waals surface area (Å²) in [5.74, 6) is 5.70. The average Bonchev–Trinajstić information content (AvgIpc) is 2.37. The van der Waals surface area contributed by atoms with Gasteiger partial charge in [0.1, 0.15) is 0 Å². The highest BCUT2D eigenvalue weighted by Gasteiger charge is 2.01. The molecule has 0 aromatic carbocycles. The third-order valence-electron chi connectivity index (χ3n) is 1.07. The SMILES string of the molecule is CCCc1noc(NN)n1. The summed E-state index contributed by atoms with van der Waals surface area (Å²) in [4.78, 5) is 3.90. The van der Waals surface area contributed by atoms with Gasteiger partial charge in [0.2, 0.25) is 0 Å². The van der Waals surface area contributed by atoms with E-state index < -0.39 is 0 Å². The molecule has 0 spiro atoms. The number of nitrogens with one attached hydrogen (secondary N) is 1. The van der Waals surface area contributed by atoms with Crippen LogP contribution in [0.4, 0.5) is 6.01 Å². The first-order valence-electron chi connectivity index (χ1n) is 3.16. The fourth-order valence-corrected chi connectivity index (χ4v) is 0.638. The fourth-order valence-electron chi connectivity index (χ4n) is 0.638. The highest BCUT2D eigenvalue weighted by atomic mass is 16.5. The molecular weight excluding hydrogens is 132 g/mol. The Balaban J connectivity index is 2.59. The van der Waals surface area contributed by atoms with Crippen molar-refractivity contribution in [3.8, 4) is 0 Å². The zero-order valence-electron chi connectivity index (χ0n) is 5.79.